The molecule has 2 N–H and O–H groups in total. The Kier molecular flexibility index (Phi) is 3.76. The van der Waals surface area contributed by atoms with E-state index in [-0.39, 0.29) is 5.56 Å². The van der Waals surface area contributed by atoms with E-state index in [0.717, 1.165) is 0 Å². The Hall–Kier alpha value is -1.72. The highest BCUT2D eigenvalue weighted by Crippen LogP contribution is 2.19. The van der Waals surface area contributed by atoms with E-state index < -0.39 is 25.2 Å². The van der Waals surface area contributed by atoms with E-state index in [2.05, 4.69) is 4.74 Å². The fourth-order valence-electron chi connectivity index (χ4n) is 0.962. The third-order valence-electron chi connectivity index (χ3n) is 1.77. The number of ether oxygens (including phenoxy) is 1. The maximum atomic E-state index is 11.8. The molecule has 0 fully saturated rings. The van der Waals surface area contributed by atoms with Crippen LogP contribution in [0.5, 0.6) is 0 Å². The zero-order chi connectivity index (χ0) is 12.2. The largest absolute Gasteiger partial charge is 0.462 e. The Morgan fingerprint density at radius 2 is 1.81 bits per heavy atom. The number of alkyl halides is 3. The number of carbonyl (C=O) groups excluding carboxylic acids is 1. The summed E-state index contributed by atoms with van der Waals surface area (Å²) in [5.74, 6) is -0.788. The van der Waals surface area contributed by atoms with E-state index in [1.807, 2.05) is 0 Å². The van der Waals surface area contributed by atoms with Crippen molar-refractivity contribution in [3.05, 3.63) is 29.8 Å². The van der Waals surface area contributed by atoms with E-state index in [1.54, 1.807) is 0 Å². The van der Waals surface area contributed by atoms with Gasteiger partial charge in [0.15, 0.2) is 0 Å². The summed E-state index contributed by atoms with van der Waals surface area (Å²) in [6, 6.07) is 5.73. The Balaban J connectivity index is 2.44. The van der Waals surface area contributed by atoms with Gasteiger partial charge in [0, 0.05) is 5.69 Å². The van der Waals surface area contributed by atoms with Crippen LogP contribution in [0.4, 0.5) is 18.9 Å². The Labute approximate surface area is 90.0 Å². The molecule has 0 atom stereocenters. The van der Waals surface area contributed by atoms with Gasteiger partial charge in [-0.3, -0.25) is 0 Å². The minimum absolute atomic E-state index is 0.177. The van der Waals surface area contributed by atoms with Crippen LogP contribution in [0.2, 0.25) is 0 Å². The molecule has 1 rings (SSSR count). The van der Waals surface area contributed by atoms with Crippen molar-refractivity contribution < 1.29 is 22.7 Å². The van der Waals surface area contributed by atoms with Crippen molar-refractivity contribution in [2.24, 2.45) is 0 Å². The molecule has 1 aromatic carbocycles. The highest BCUT2D eigenvalue weighted by Gasteiger charge is 2.27. The molecule has 0 aliphatic carbocycles. The summed E-state index contributed by atoms with van der Waals surface area (Å²) < 4.78 is 39.7. The van der Waals surface area contributed by atoms with Gasteiger partial charge in [-0.2, -0.15) is 13.2 Å². The monoisotopic (exact) mass is 233 g/mol. The first-order chi connectivity index (χ1) is 7.38. The van der Waals surface area contributed by atoms with Crippen molar-refractivity contribution in [3.8, 4) is 0 Å². The average Bonchev–Trinajstić information content (AvgIpc) is 2.16. The quantitative estimate of drug-likeness (QED) is 0.644. The smallest absolute Gasteiger partial charge is 0.392 e. The Morgan fingerprint density at radius 3 is 2.31 bits per heavy atom. The summed E-state index contributed by atoms with van der Waals surface area (Å²) in [5, 5.41) is 0. The van der Waals surface area contributed by atoms with Crippen LogP contribution in [-0.2, 0) is 4.74 Å². The zero-order valence-electron chi connectivity index (χ0n) is 8.25. The van der Waals surface area contributed by atoms with Crippen molar-refractivity contribution in [2.45, 2.75) is 12.6 Å². The molecule has 1 aromatic rings. The van der Waals surface area contributed by atoms with Crippen LogP contribution in [0.3, 0.4) is 0 Å². The normalized spacial score (nSPS) is 11.2. The van der Waals surface area contributed by atoms with Crippen LogP contribution in [0, 0.1) is 0 Å². The second kappa shape index (κ2) is 4.87. The molecule has 88 valence electrons. The number of carbonyl (C=O) groups is 1. The van der Waals surface area contributed by atoms with E-state index in [4.69, 9.17) is 5.73 Å². The zero-order valence-corrected chi connectivity index (χ0v) is 8.25. The van der Waals surface area contributed by atoms with Crippen LogP contribution >= 0.6 is 0 Å². The van der Waals surface area contributed by atoms with Gasteiger partial charge in [-0.15, -0.1) is 0 Å². The molecule has 0 unspecified atom stereocenters. The predicted molar refractivity (Wildman–Crippen MR) is 51.8 cm³/mol. The first-order valence-electron chi connectivity index (χ1n) is 4.48. The lowest BCUT2D eigenvalue weighted by Crippen LogP contribution is -2.14. The number of nitrogens with two attached hydrogens (primary N) is 1. The van der Waals surface area contributed by atoms with Crippen molar-refractivity contribution >= 4 is 11.7 Å². The van der Waals surface area contributed by atoms with Gasteiger partial charge in [-0.1, -0.05) is 0 Å². The van der Waals surface area contributed by atoms with Gasteiger partial charge in [0.25, 0.3) is 0 Å². The van der Waals surface area contributed by atoms with Crippen LogP contribution < -0.4 is 5.73 Å². The van der Waals surface area contributed by atoms with Crippen molar-refractivity contribution in [3.63, 3.8) is 0 Å². The highest BCUT2D eigenvalue weighted by molar-refractivity contribution is 5.89. The molecular weight excluding hydrogens is 223 g/mol. The van der Waals surface area contributed by atoms with Crippen LogP contribution in [-0.4, -0.2) is 18.8 Å². The maximum absolute atomic E-state index is 11.8. The van der Waals surface area contributed by atoms with Crippen LogP contribution in [0.25, 0.3) is 0 Å². The average molecular weight is 233 g/mol. The molecule has 6 heteroatoms. The number of benzene rings is 1. The van der Waals surface area contributed by atoms with E-state index in [1.165, 1.54) is 24.3 Å². The first kappa shape index (κ1) is 12.4. The number of hydrogen-bond acceptors (Lipinski definition) is 3. The molecule has 0 amide bonds. The molecule has 0 heterocycles. The number of esters is 1. The lowest BCUT2D eigenvalue weighted by atomic mass is 10.2. The fraction of sp³-hybridized carbons (Fsp3) is 0.300. The summed E-state index contributed by atoms with van der Waals surface area (Å²) >= 11 is 0. The lowest BCUT2D eigenvalue weighted by molar-refractivity contribution is -0.141. The summed E-state index contributed by atoms with van der Waals surface area (Å²) in [4.78, 5) is 11.2. The SMILES string of the molecule is Nc1ccc(C(=O)OCCC(F)(F)F)cc1. The molecule has 0 aliphatic heterocycles. The summed E-state index contributed by atoms with van der Waals surface area (Å²) in [5.41, 5.74) is 6.03. The molecule has 0 radical (unpaired) electrons. The topological polar surface area (TPSA) is 52.3 Å². The molecule has 0 bridgehead atoms. The summed E-state index contributed by atoms with van der Waals surface area (Å²) in [6.45, 7) is -0.674. The maximum Gasteiger partial charge on any atom is 0.392 e. The third kappa shape index (κ3) is 4.20. The van der Waals surface area contributed by atoms with Gasteiger partial charge in [-0.05, 0) is 24.3 Å². The van der Waals surface area contributed by atoms with Crippen molar-refractivity contribution in [1.82, 2.24) is 0 Å². The number of hydrogen-bond donors (Lipinski definition) is 1. The second-order valence-corrected chi connectivity index (χ2v) is 3.12. The summed E-state index contributed by atoms with van der Waals surface area (Å²) in [7, 11) is 0. The van der Waals surface area contributed by atoms with Gasteiger partial charge in [0.2, 0.25) is 0 Å². The lowest BCUT2D eigenvalue weighted by Gasteiger charge is -2.07. The Bertz CT molecular complexity index is 359. The predicted octanol–water partition coefficient (Wildman–Crippen LogP) is 2.38. The van der Waals surface area contributed by atoms with E-state index in [9.17, 15) is 18.0 Å². The standard InChI is InChI=1S/C10H10F3NO2/c11-10(12,13)5-6-16-9(15)7-1-3-8(14)4-2-7/h1-4H,5-6,14H2. The Morgan fingerprint density at radius 1 is 1.25 bits per heavy atom. The molecule has 0 spiro atoms. The van der Waals surface area contributed by atoms with Crippen LogP contribution in [0.15, 0.2) is 24.3 Å². The molecule has 16 heavy (non-hydrogen) atoms. The molecule has 0 saturated carbocycles. The third-order valence-corrected chi connectivity index (χ3v) is 1.77. The number of rotatable bonds is 3. The van der Waals surface area contributed by atoms with Crippen molar-refractivity contribution in [2.75, 3.05) is 12.3 Å². The molecule has 0 aromatic heterocycles. The number of nitrogen functional groups attached to an aromatic ring is 1. The van der Waals surface area contributed by atoms with E-state index in [0.29, 0.717) is 5.69 Å². The highest BCUT2D eigenvalue weighted by atomic mass is 19.4. The first-order valence-corrected chi connectivity index (χ1v) is 4.48. The van der Waals surface area contributed by atoms with Gasteiger partial charge in [0.05, 0.1) is 12.0 Å². The number of anilines is 1. The van der Waals surface area contributed by atoms with E-state index >= 15 is 0 Å². The minimum atomic E-state index is -4.32. The molecular formula is C10H10F3NO2. The van der Waals surface area contributed by atoms with Crippen molar-refractivity contribution in [1.29, 1.82) is 0 Å². The van der Waals surface area contributed by atoms with Crippen LogP contribution in [0.1, 0.15) is 16.8 Å². The van der Waals surface area contributed by atoms with Gasteiger partial charge in [-0.25, -0.2) is 4.79 Å². The molecule has 0 aliphatic rings. The fourth-order valence-corrected chi connectivity index (χ4v) is 0.962. The van der Waals surface area contributed by atoms with Gasteiger partial charge < -0.3 is 10.5 Å². The van der Waals surface area contributed by atoms with Gasteiger partial charge >= 0.3 is 12.1 Å². The second-order valence-electron chi connectivity index (χ2n) is 3.12. The minimum Gasteiger partial charge on any atom is -0.462 e. The van der Waals surface area contributed by atoms with Gasteiger partial charge in [0.1, 0.15) is 6.61 Å². The number of halogens is 3. The molecule has 3 nitrogen and oxygen atoms in total. The molecule has 0 saturated heterocycles. The summed E-state index contributed by atoms with van der Waals surface area (Å²) in [6.07, 6.45) is -5.46.